The van der Waals surface area contributed by atoms with Crippen LogP contribution in [0.25, 0.3) is 11.2 Å². The molecule has 4 atom stereocenters. The van der Waals surface area contributed by atoms with Crippen molar-refractivity contribution in [1.29, 1.82) is 0 Å². The van der Waals surface area contributed by atoms with E-state index in [0.29, 0.717) is 23.6 Å². The molecule has 0 unspecified atom stereocenters. The van der Waals surface area contributed by atoms with E-state index in [9.17, 15) is 10.2 Å². The number of aliphatic hydroxyl groups excluding tert-OH is 2. The normalized spacial score (nSPS) is 25.1. The van der Waals surface area contributed by atoms with Crippen molar-refractivity contribution in [2.45, 2.75) is 31.1 Å². The lowest BCUT2D eigenvalue weighted by Crippen LogP contribution is -2.33. The van der Waals surface area contributed by atoms with Gasteiger partial charge in [0.25, 0.3) is 0 Å². The van der Waals surface area contributed by atoms with Crippen molar-refractivity contribution < 1.29 is 19.7 Å². The van der Waals surface area contributed by atoms with Gasteiger partial charge in [0.1, 0.15) is 30.2 Å². The second kappa shape index (κ2) is 7.57. The first-order valence-electron chi connectivity index (χ1n) is 8.67. The number of benzene rings is 1. The van der Waals surface area contributed by atoms with E-state index in [1.165, 1.54) is 12.7 Å². The summed E-state index contributed by atoms with van der Waals surface area (Å²) >= 11 is 0. The summed E-state index contributed by atoms with van der Waals surface area (Å²) < 4.78 is 13.1. The molecule has 1 saturated heterocycles. The minimum Gasteiger partial charge on any atom is -0.387 e. The standard InChI is InChI=1S/C18H21N5O4/c1-19-16-13-17(21-9-20-16)23(10-22-13)18-15(25)14(24)12(27-18)8-26-7-11-5-3-2-4-6-11/h2-6,9-10,12,14-15,18,24-25H,7-8H2,1H3,(H,19,20,21)/t12-,14-,15-,18-/m1/s1. The Bertz CT molecular complexity index is 903. The first kappa shape index (κ1) is 17.8. The van der Waals surface area contributed by atoms with Crippen molar-refractivity contribution in [2.24, 2.45) is 0 Å². The van der Waals surface area contributed by atoms with Crippen molar-refractivity contribution >= 4 is 17.0 Å². The van der Waals surface area contributed by atoms with Crippen LogP contribution < -0.4 is 5.32 Å². The van der Waals surface area contributed by atoms with E-state index < -0.39 is 24.5 Å². The molecule has 3 heterocycles. The third-order valence-electron chi connectivity index (χ3n) is 4.60. The Morgan fingerprint density at radius 1 is 1.15 bits per heavy atom. The quantitative estimate of drug-likeness (QED) is 0.580. The molecule has 3 aromatic rings. The number of aliphatic hydroxyl groups is 2. The van der Waals surface area contributed by atoms with Crippen LogP contribution in [0, 0.1) is 0 Å². The summed E-state index contributed by atoms with van der Waals surface area (Å²) in [6.45, 7) is 0.563. The van der Waals surface area contributed by atoms with Gasteiger partial charge in [-0.15, -0.1) is 0 Å². The summed E-state index contributed by atoms with van der Waals surface area (Å²) in [4.78, 5) is 12.6. The van der Waals surface area contributed by atoms with Crippen LogP contribution in [-0.2, 0) is 16.1 Å². The molecule has 0 spiro atoms. The molecule has 27 heavy (non-hydrogen) atoms. The van der Waals surface area contributed by atoms with Crippen LogP contribution >= 0.6 is 0 Å². The maximum atomic E-state index is 10.5. The van der Waals surface area contributed by atoms with Crippen LogP contribution in [0.1, 0.15) is 11.8 Å². The molecule has 0 bridgehead atoms. The van der Waals surface area contributed by atoms with E-state index in [0.717, 1.165) is 5.56 Å². The van der Waals surface area contributed by atoms with E-state index in [4.69, 9.17) is 9.47 Å². The van der Waals surface area contributed by atoms with Crippen LogP contribution in [-0.4, -0.2) is 61.7 Å². The van der Waals surface area contributed by atoms with Crippen molar-refractivity contribution in [3.05, 3.63) is 48.5 Å². The molecule has 9 heteroatoms. The van der Waals surface area contributed by atoms with Crippen molar-refractivity contribution in [2.75, 3.05) is 19.0 Å². The summed E-state index contributed by atoms with van der Waals surface area (Å²) in [5.74, 6) is 0.578. The fourth-order valence-corrected chi connectivity index (χ4v) is 3.18. The van der Waals surface area contributed by atoms with Gasteiger partial charge in [-0.25, -0.2) is 15.0 Å². The highest BCUT2D eigenvalue weighted by Gasteiger charge is 2.44. The van der Waals surface area contributed by atoms with Crippen LogP contribution in [0.3, 0.4) is 0 Å². The van der Waals surface area contributed by atoms with E-state index in [2.05, 4.69) is 20.3 Å². The largest absolute Gasteiger partial charge is 0.387 e. The Hall–Kier alpha value is -2.59. The van der Waals surface area contributed by atoms with Gasteiger partial charge in [0.2, 0.25) is 0 Å². The highest BCUT2D eigenvalue weighted by atomic mass is 16.6. The Kier molecular flexibility index (Phi) is 4.99. The molecule has 0 amide bonds. The summed E-state index contributed by atoms with van der Waals surface area (Å²) in [6, 6.07) is 9.73. The Labute approximate surface area is 155 Å². The minimum atomic E-state index is -1.12. The van der Waals surface area contributed by atoms with Gasteiger partial charge >= 0.3 is 0 Å². The lowest BCUT2D eigenvalue weighted by atomic mass is 10.1. The van der Waals surface area contributed by atoms with Crippen LogP contribution in [0.5, 0.6) is 0 Å². The van der Waals surface area contributed by atoms with Gasteiger partial charge < -0.3 is 25.0 Å². The molecule has 1 aliphatic heterocycles. The zero-order valence-electron chi connectivity index (χ0n) is 14.8. The molecule has 4 rings (SSSR count). The summed E-state index contributed by atoms with van der Waals surface area (Å²) in [5, 5.41) is 23.8. The van der Waals surface area contributed by atoms with Gasteiger partial charge in [-0.1, -0.05) is 30.3 Å². The monoisotopic (exact) mass is 371 g/mol. The molecular weight excluding hydrogens is 350 g/mol. The van der Waals surface area contributed by atoms with E-state index in [-0.39, 0.29) is 6.61 Å². The van der Waals surface area contributed by atoms with Gasteiger partial charge in [-0.2, -0.15) is 0 Å². The van der Waals surface area contributed by atoms with E-state index in [1.54, 1.807) is 11.6 Å². The second-order valence-corrected chi connectivity index (χ2v) is 6.34. The zero-order chi connectivity index (χ0) is 18.8. The average Bonchev–Trinajstić information content (AvgIpc) is 3.25. The van der Waals surface area contributed by atoms with Gasteiger partial charge in [0.05, 0.1) is 19.5 Å². The number of rotatable bonds is 6. The first-order chi connectivity index (χ1) is 13.2. The maximum Gasteiger partial charge on any atom is 0.167 e. The molecule has 9 nitrogen and oxygen atoms in total. The number of hydrogen-bond acceptors (Lipinski definition) is 8. The lowest BCUT2D eigenvalue weighted by Gasteiger charge is -2.16. The molecule has 142 valence electrons. The number of nitrogens with one attached hydrogen (secondary N) is 1. The molecule has 0 radical (unpaired) electrons. The molecule has 1 aromatic carbocycles. The van der Waals surface area contributed by atoms with E-state index >= 15 is 0 Å². The molecule has 0 aliphatic carbocycles. The molecule has 1 aliphatic rings. The number of hydrogen-bond donors (Lipinski definition) is 3. The maximum absolute atomic E-state index is 10.5. The fourth-order valence-electron chi connectivity index (χ4n) is 3.18. The SMILES string of the molecule is CNc1ncnc2c1ncn2[C@@H]1O[C@H](COCc2ccccc2)[C@@H](O)[C@H]1O. The highest BCUT2D eigenvalue weighted by Crippen LogP contribution is 2.32. The number of imidazole rings is 1. The Morgan fingerprint density at radius 2 is 1.96 bits per heavy atom. The number of ether oxygens (including phenoxy) is 2. The average molecular weight is 371 g/mol. The van der Waals surface area contributed by atoms with Gasteiger partial charge in [0.15, 0.2) is 17.7 Å². The van der Waals surface area contributed by atoms with E-state index in [1.807, 2.05) is 30.3 Å². The van der Waals surface area contributed by atoms with Crippen molar-refractivity contribution in [3.63, 3.8) is 0 Å². The lowest BCUT2D eigenvalue weighted by molar-refractivity contribution is -0.0682. The van der Waals surface area contributed by atoms with Crippen LogP contribution in [0.2, 0.25) is 0 Å². The number of fused-ring (bicyclic) bond motifs is 1. The molecule has 0 saturated carbocycles. The number of nitrogens with zero attached hydrogens (tertiary/aromatic N) is 4. The predicted octanol–water partition coefficient (Wildman–Crippen LogP) is 0.704. The smallest absolute Gasteiger partial charge is 0.167 e. The Balaban J connectivity index is 1.47. The second-order valence-electron chi connectivity index (χ2n) is 6.34. The summed E-state index contributed by atoms with van der Waals surface area (Å²) in [5.41, 5.74) is 2.10. The minimum absolute atomic E-state index is 0.160. The van der Waals surface area contributed by atoms with Gasteiger partial charge in [-0.3, -0.25) is 4.57 Å². The summed E-state index contributed by atoms with van der Waals surface area (Å²) in [7, 11) is 1.74. The van der Waals surface area contributed by atoms with Crippen molar-refractivity contribution in [1.82, 2.24) is 19.5 Å². The van der Waals surface area contributed by atoms with Crippen LogP contribution in [0.4, 0.5) is 5.82 Å². The third kappa shape index (κ3) is 3.37. The van der Waals surface area contributed by atoms with Crippen LogP contribution in [0.15, 0.2) is 43.0 Å². The highest BCUT2D eigenvalue weighted by molar-refractivity contribution is 5.82. The predicted molar refractivity (Wildman–Crippen MR) is 96.9 cm³/mol. The van der Waals surface area contributed by atoms with Gasteiger partial charge in [-0.05, 0) is 5.56 Å². The topological polar surface area (TPSA) is 115 Å². The van der Waals surface area contributed by atoms with Gasteiger partial charge in [0, 0.05) is 7.05 Å². The summed E-state index contributed by atoms with van der Waals surface area (Å²) in [6.07, 6.45) is -0.736. The number of aromatic nitrogens is 4. The molecular formula is C18H21N5O4. The molecule has 2 aromatic heterocycles. The number of anilines is 1. The zero-order valence-corrected chi connectivity index (χ0v) is 14.8. The first-order valence-corrected chi connectivity index (χ1v) is 8.67. The molecule has 1 fully saturated rings. The third-order valence-corrected chi connectivity index (χ3v) is 4.60. The molecule has 3 N–H and O–H groups in total. The Morgan fingerprint density at radius 3 is 2.74 bits per heavy atom. The van der Waals surface area contributed by atoms with Crippen molar-refractivity contribution in [3.8, 4) is 0 Å². The fraction of sp³-hybridized carbons (Fsp3) is 0.389.